The zero-order chi connectivity index (χ0) is 17.4. The summed E-state index contributed by atoms with van der Waals surface area (Å²) >= 11 is 0. The predicted molar refractivity (Wildman–Crippen MR) is 97.2 cm³/mol. The molecular weight excluding hydrogens is 284 g/mol. The Balaban J connectivity index is 2.82. The minimum absolute atomic E-state index is 0.0103. The van der Waals surface area contributed by atoms with Crippen molar-refractivity contribution >= 4 is 0 Å². The zero-order valence-corrected chi connectivity index (χ0v) is 15.1. The van der Waals surface area contributed by atoms with Gasteiger partial charge < -0.3 is 10.2 Å². The second-order valence-corrected chi connectivity index (χ2v) is 7.95. The first-order valence-corrected chi connectivity index (χ1v) is 8.23. The van der Waals surface area contributed by atoms with Crippen molar-refractivity contribution in [3.63, 3.8) is 0 Å². The Morgan fingerprint density at radius 1 is 0.739 bits per heavy atom. The van der Waals surface area contributed by atoms with E-state index >= 15 is 0 Å². The monoisotopic (exact) mass is 312 g/mol. The van der Waals surface area contributed by atoms with Gasteiger partial charge >= 0.3 is 0 Å². The molecule has 124 valence electrons. The van der Waals surface area contributed by atoms with Crippen molar-refractivity contribution in [3.05, 3.63) is 47.5 Å². The number of aromatic hydroxyl groups is 2. The van der Waals surface area contributed by atoms with Crippen LogP contribution in [0.25, 0.3) is 11.1 Å². The number of hydrogen-bond acceptors (Lipinski definition) is 2. The molecule has 0 atom stereocenters. The Hall–Kier alpha value is -1.96. The van der Waals surface area contributed by atoms with Crippen molar-refractivity contribution in [2.24, 2.45) is 0 Å². The van der Waals surface area contributed by atoms with Gasteiger partial charge in [-0.25, -0.2) is 0 Å². The van der Waals surface area contributed by atoms with E-state index in [1.165, 1.54) is 5.56 Å². The largest absolute Gasteiger partial charge is 0.508 e. The lowest BCUT2D eigenvalue weighted by Gasteiger charge is -2.29. The molecule has 0 aliphatic heterocycles. The molecule has 2 heteroatoms. The standard InChI is InChI=1S/C21H28O2/c1-7-21(5,6)19-11-9-15(23)13-17(19)16-12-14(22)8-10-18(16)20(2,3)4/h8-13,22-23H,7H2,1-6H3. The highest BCUT2D eigenvalue weighted by Crippen LogP contribution is 2.42. The first-order chi connectivity index (χ1) is 10.6. The highest BCUT2D eigenvalue weighted by Gasteiger charge is 2.26. The van der Waals surface area contributed by atoms with Crippen LogP contribution in [0.2, 0.25) is 0 Å². The van der Waals surface area contributed by atoms with E-state index in [9.17, 15) is 10.2 Å². The van der Waals surface area contributed by atoms with E-state index in [0.717, 1.165) is 23.1 Å². The number of hydrogen-bond donors (Lipinski definition) is 2. The SMILES string of the molecule is CCC(C)(C)c1ccc(O)cc1-c1cc(O)ccc1C(C)(C)C. The third kappa shape index (κ3) is 3.52. The van der Waals surface area contributed by atoms with Crippen LogP contribution in [0.3, 0.4) is 0 Å². The first-order valence-electron chi connectivity index (χ1n) is 8.23. The summed E-state index contributed by atoms with van der Waals surface area (Å²) in [6, 6.07) is 11.1. The van der Waals surface area contributed by atoms with E-state index in [-0.39, 0.29) is 22.3 Å². The van der Waals surface area contributed by atoms with Crippen LogP contribution in [0.1, 0.15) is 59.1 Å². The predicted octanol–water partition coefficient (Wildman–Crippen LogP) is 5.75. The molecule has 2 aromatic carbocycles. The van der Waals surface area contributed by atoms with Gasteiger partial charge in [0.1, 0.15) is 11.5 Å². The van der Waals surface area contributed by atoms with Gasteiger partial charge in [0.15, 0.2) is 0 Å². The summed E-state index contributed by atoms with van der Waals surface area (Å²) in [5, 5.41) is 20.1. The van der Waals surface area contributed by atoms with E-state index in [1.807, 2.05) is 24.3 Å². The Kier molecular flexibility index (Phi) is 4.48. The highest BCUT2D eigenvalue weighted by molar-refractivity contribution is 5.75. The van der Waals surface area contributed by atoms with E-state index in [2.05, 4.69) is 41.5 Å². The molecule has 0 aliphatic rings. The van der Waals surface area contributed by atoms with Gasteiger partial charge in [-0.15, -0.1) is 0 Å². The number of phenolic OH excluding ortho intramolecular Hbond substituents is 2. The normalized spacial score (nSPS) is 12.4. The van der Waals surface area contributed by atoms with Crippen molar-refractivity contribution in [2.45, 2.75) is 58.8 Å². The van der Waals surface area contributed by atoms with Crippen LogP contribution in [-0.4, -0.2) is 10.2 Å². The molecule has 2 aromatic rings. The molecular formula is C21H28O2. The average Bonchev–Trinajstić information content (AvgIpc) is 2.45. The molecule has 0 aliphatic carbocycles. The lowest BCUT2D eigenvalue weighted by Crippen LogP contribution is -2.18. The summed E-state index contributed by atoms with van der Waals surface area (Å²) in [6.45, 7) is 13.1. The summed E-state index contributed by atoms with van der Waals surface area (Å²) in [7, 11) is 0. The molecule has 2 N–H and O–H groups in total. The van der Waals surface area contributed by atoms with Gasteiger partial charge in [-0.2, -0.15) is 0 Å². The van der Waals surface area contributed by atoms with Gasteiger partial charge in [-0.1, -0.05) is 53.7 Å². The number of phenols is 2. The first kappa shape index (κ1) is 17.4. The summed E-state index contributed by atoms with van der Waals surface area (Å²) in [6.07, 6.45) is 0.994. The summed E-state index contributed by atoms with van der Waals surface area (Å²) < 4.78 is 0. The van der Waals surface area contributed by atoms with E-state index < -0.39 is 0 Å². The molecule has 0 heterocycles. The maximum Gasteiger partial charge on any atom is 0.116 e. The Morgan fingerprint density at radius 2 is 1.17 bits per heavy atom. The van der Waals surface area contributed by atoms with Crippen LogP contribution < -0.4 is 0 Å². The zero-order valence-electron chi connectivity index (χ0n) is 15.1. The maximum atomic E-state index is 10.0. The second-order valence-electron chi connectivity index (χ2n) is 7.95. The second kappa shape index (κ2) is 5.92. The molecule has 0 radical (unpaired) electrons. The molecule has 0 fully saturated rings. The van der Waals surface area contributed by atoms with Crippen molar-refractivity contribution in [3.8, 4) is 22.6 Å². The van der Waals surface area contributed by atoms with Gasteiger partial charge in [0.2, 0.25) is 0 Å². The van der Waals surface area contributed by atoms with Crippen molar-refractivity contribution in [1.82, 2.24) is 0 Å². The fraction of sp³-hybridized carbons (Fsp3) is 0.429. The van der Waals surface area contributed by atoms with Crippen LogP contribution in [0.15, 0.2) is 36.4 Å². The van der Waals surface area contributed by atoms with Crippen molar-refractivity contribution < 1.29 is 10.2 Å². The highest BCUT2D eigenvalue weighted by atomic mass is 16.3. The maximum absolute atomic E-state index is 10.0. The summed E-state index contributed by atoms with van der Waals surface area (Å²) in [4.78, 5) is 0. The molecule has 0 spiro atoms. The molecule has 0 amide bonds. The van der Waals surface area contributed by atoms with Crippen LogP contribution in [0.5, 0.6) is 11.5 Å². The van der Waals surface area contributed by atoms with Crippen LogP contribution in [0.4, 0.5) is 0 Å². The molecule has 2 nitrogen and oxygen atoms in total. The smallest absolute Gasteiger partial charge is 0.116 e. The van der Waals surface area contributed by atoms with E-state index in [0.29, 0.717) is 0 Å². The third-order valence-electron chi connectivity index (χ3n) is 4.72. The van der Waals surface area contributed by atoms with Gasteiger partial charge in [0.25, 0.3) is 0 Å². The fourth-order valence-corrected chi connectivity index (χ4v) is 2.94. The molecule has 0 bridgehead atoms. The summed E-state index contributed by atoms with van der Waals surface area (Å²) in [5.41, 5.74) is 4.27. The summed E-state index contributed by atoms with van der Waals surface area (Å²) in [5.74, 6) is 0.496. The topological polar surface area (TPSA) is 40.5 Å². The third-order valence-corrected chi connectivity index (χ3v) is 4.72. The Morgan fingerprint density at radius 3 is 1.61 bits per heavy atom. The minimum atomic E-state index is -0.0535. The molecule has 23 heavy (non-hydrogen) atoms. The molecule has 0 saturated heterocycles. The van der Waals surface area contributed by atoms with Gasteiger partial charge in [-0.05, 0) is 63.8 Å². The Labute approximate surface area is 139 Å². The van der Waals surface area contributed by atoms with E-state index in [4.69, 9.17) is 0 Å². The van der Waals surface area contributed by atoms with Crippen LogP contribution in [0, 0.1) is 0 Å². The lowest BCUT2D eigenvalue weighted by atomic mass is 9.75. The molecule has 2 rings (SSSR count). The molecule has 0 unspecified atom stereocenters. The Bertz CT molecular complexity index is 706. The quantitative estimate of drug-likeness (QED) is 0.757. The molecule has 0 aromatic heterocycles. The van der Waals surface area contributed by atoms with Gasteiger partial charge in [0.05, 0.1) is 0 Å². The fourth-order valence-electron chi connectivity index (χ4n) is 2.94. The van der Waals surface area contributed by atoms with Crippen molar-refractivity contribution in [1.29, 1.82) is 0 Å². The van der Waals surface area contributed by atoms with Crippen LogP contribution >= 0.6 is 0 Å². The van der Waals surface area contributed by atoms with Crippen LogP contribution in [-0.2, 0) is 10.8 Å². The van der Waals surface area contributed by atoms with Gasteiger partial charge in [0, 0.05) is 0 Å². The minimum Gasteiger partial charge on any atom is -0.508 e. The molecule has 0 saturated carbocycles. The van der Waals surface area contributed by atoms with E-state index in [1.54, 1.807) is 12.1 Å². The average molecular weight is 312 g/mol. The number of benzene rings is 2. The van der Waals surface area contributed by atoms with Crippen molar-refractivity contribution in [2.75, 3.05) is 0 Å². The number of rotatable bonds is 3. The lowest BCUT2D eigenvalue weighted by molar-refractivity contribution is 0.470. The van der Waals surface area contributed by atoms with Gasteiger partial charge in [-0.3, -0.25) is 0 Å².